The van der Waals surface area contributed by atoms with Gasteiger partial charge in [-0.05, 0) is 30.5 Å². The molecule has 138 valence electrons. The predicted molar refractivity (Wildman–Crippen MR) is 107 cm³/mol. The van der Waals surface area contributed by atoms with Gasteiger partial charge in [-0.3, -0.25) is 0 Å². The van der Waals surface area contributed by atoms with Gasteiger partial charge in [-0.15, -0.1) is 0 Å². The standard InChI is InChI=1S/C20H22ClNO3S/c1-23-18-11-15(20(26)22-12-16-8-5-9-24-16)10-17(21)19(18)25-13-14-6-3-2-4-7-14/h2-4,6-7,10-11,16H,5,8-9,12-13H2,1H3,(H,22,26)/t16-/m0/s1. The Kier molecular flexibility index (Phi) is 6.72. The molecule has 0 saturated carbocycles. The van der Waals surface area contributed by atoms with Gasteiger partial charge in [0.2, 0.25) is 0 Å². The Balaban J connectivity index is 1.68. The molecule has 0 spiro atoms. The summed E-state index contributed by atoms with van der Waals surface area (Å²) in [5.41, 5.74) is 1.86. The number of hydrogen-bond donors (Lipinski definition) is 1. The monoisotopic (exact) mass is 391 g/mol. The minimum Gasteiger partial charge on any atom is -0.493 e. The summed E-state index contributed by atoms with van der Waals surface area (Å²) in [7, 11) is 1.59. The fraction of sp³-hybridized carbons (Fsp3) is 0.350. The molecule has 1 heterocycles. The Labute approximate surface area is 164 Å². The van der Waals surface area contributed by atoms with Crippen molar-refractivity contribution in [3.63, 3.8) is 0 Å². The number of thiocarbonyl (C=S) groups is 1. The second kappa shape index (κ2) is 9.21. The molecule has 1 aliphatic rings. The lowest BCUT2D eigenvalue weighted by Crippen LogP contribution is -2.31. The van der Waals surface area contributed by atoms with Crippen LogP contribution in [0.15, 0.2) is 42.5 Å². The largest absolute Gasteiger partial charge is 0.493 e. The molecule has 3 rings (SSSR count). The molecule has 1 aliphatic heterocycles. The van der Waals surface area contributed by atoms with Gasteiger partial charge in [0.25, 0.3) is 0 Å². The van der Waals surface area contributed by atoms with Crippen LogP contribution in [0.25, 0.3) is 0 Å². The highest BCUT2D eigenvalue weighted by Crippen LogP contribution is 2.37. The summed E-state index contributed by atoms with van der Waals surface area (Å²) >= 11 is 11.9. The molecule has 1 saturated heterocycles. The van der Waals surface area contributed by atoms with Gasteiger partial charge in [0.1, 0.15) is 11.6 Å². The highest BCUT2D eigenvalue weighted by Gasteiger charge is 2.18. The molecule has 0 unspecified atom stereocenters. The second-order valence-electron chi connectivity index (χ2n) is 6.11. The fourth-order valence-corrected chi connectivity index (χ4v) is 3.30. The van der Waals surface area contributed by atoms with Gasteiger partial charge in [-0.1, -0.05) is 54.2 Å². The molecular formula is C20H22ClNO3S. The Bertz CT molecular complexity index is 748. The third kappa shape index (κ3) is 4.87. The van der Waals surface area contributed by atoms with Crippen LogP contribution in [0.2, 0.25) is 5.02 Å². The summed E-state index contributed by atoms with van der Waals surface area (Å²) in [6, 6.07) is 13.6. The van der Waals surface area contributed by atoms with E-state index in [0.29, 0.717) is 34.7 Å². The SMILES string of the molecule is COc1cc(C(=S)NC[C@@H]2CCCO2)cc(Cl)c1OCc1ccccc1. The van der Waals surface area contributed by atoms with Crippen LogP contribution in [0.3, 0.4) is 0 Å². The van der Waals surface area contributed by atoms with E-state index in [1.54, 1.807) is 13.2 Å². The molecule has 0 aliphatic carbocycles. The van der Waals surface area contributed by atoms with Crippen molar-refractivity contribution in [2.75, 3.05) is 20.3 Å². The maximum atomic E-state index is 6.43. The Morgan fingerprint density at radius 2 is 2.12 bits per heavy atom. The predicted octanol–water partition coefficient (Wildman–Crippen LogP) is 4.37. The van der Waals surface area contributed by atoms with Crippen molar-refractivity contribution < 1.29 is 14.2 Å². The van der Waals surface area contributed by atoms with Crippen molar-refractivity contribution >= 4 is 28.8 Å². The van der Waals surface area contributed by atoms with Gasteiger partial charge in [0.15, 0.2) is 11.5 Å². The van der Waals surface area contributed by atoms with E-state index in [1.807, 2.05) is 36.4 Å². The third-order valence-electron chi connectivity index (χ3n) is 4.23. The van der Waals surface area contributed by atoms with Crippen molar-refractivity contribution in [3.8, 4) is 11.5 Å². The Morgan fingerprint density at radius 1 is 1.31 bits per heavy atom. The minimum atomic E-state index is 0.221. The van der Waals surface area contributed by atoms with Crippen LogP contribution in [-0.2, 0) is 11.3 Å². The van der Waals surface area contributed by atoms with E-state index < -0.39 is 0 Å². The van der Waals surface area contributed by atoms with Gasteiger partial charge >= 0.3 is 0 Å². The van der Waals surface area contributed by atoms with Crippen molar-refractivity contribution in [2.45, 2.75) is 25.6 Å². The number of nitrogens with one attached hydrogen (secondary N) is 1. The first kappa shape index (κ1) is 19.0. The Morgan fingerprint density at radius 3 is 2.81 bits per heavy atom. The van der Waals surface area contributed by atoms with Crippen molar-refractivity contribution in [3.05, 3.63) is 58.6 Å². The summed E-state index contributed by atoms with van der Waals surface area (Å²) in [5.74, 6) is 1.08. The van der Waals surface area contributed by atoms with Gasteiger partial charge in [-0.2, -0.15) is 0 Å². The molecule has 0 radical (unpaired) electrons. The zero-order valence-corrected chi connectivity index (χ0v) is 16.2. The van der Waals surface area contributed by atoms with Gasteiger partial charge < -0.3 is 19.5 Å². The Hall–Kier alpha value is -1.82. The van der Waals surface area contributed by atoms with Crippen LogP contribution in [-0.4, -0.2) is 31.4 Å². The van der Waals surface area contributed by atoms with Crippen molar-refractivity contribution in [2.24, 2.45) is 0 Å². The highest BCUT2D eigenvalue weighted by molar-refractivity contribution is 7.80. The molecule has 26 heavy (non-hydrogen) atoms. The molecule has 2 aromatic carbocycles. The average Bonchev–Trinajstić information content (AvgIpc) is 3.19. The molecule has 0 amide bonds. The van der Waals surface area contributed by atoms with E-state index in [2.05, 4.69) is 5.32 Å². The molecule has 0 aromatic heterocycles. The molecule has 0 bridgehead atoms. The van der Waals surface area contributed by atoms with Crippen LogP contribution in [0.5, 0.6) is 11.5 Å². The number of benzene rings is 2. The summed E-state index contributed by atoms with van der Waals surface area (Å²) < 4.78 is 17.0. The number of hydrogen-bond acceptors (Lipinski definition) is 4. The molecule has 6 heteroatoms. The first-order valence-corrected chi connectivity index (χ1v) is 9.40. The number of ether oxygens (including phenoxy) is 3. The molecule has 1 atom stereocenters. The number of methoxy groups -OCH3 is 1. The highest BCUT2D eigenvalue weighted by atomic mass is 35.5. The van der Waals surface area contributed by atoms with Crippen LogP contribution in [0.4, 0.5) is 0 Å². The van der Waals surface area contributed by atoms with E-state index in [9.17, 15) is 0 Å². The third-order valence-corrected chi connectivity index (χ3v) is 4.89. The smallest absolute Gasteiger partial charge is 0.180 e. The summed E-state index contributed by atoms with van der Waals surface area (Å²) in [6.07, 6.45) is 2.39. The molecule has 2 aromatic rings. The van der Waals surface area contributed by atoms with Gasteiger partial charge in [-0.25, -0.2) is 0 Å². The molecular weight excluding hydrogens is 370 g/mol. The van der Waals surface area contributed by atoms with Crippen LogP contribution in [0.1, 0.15) is 24.0 Å². The van der Waals surface area contributed by atoms with Crippen LogP contribution < -0.4 is 14.8 Å². The van der Waals surface area contributed by atoms with Crippen LogP contribution in [0, 0.1) is 0 Å². The molecule has 1 N–H and O–H groups in total. The quantitative estimate of drug-likeness (QED) is 0.709. The van der Waals surface area contributed by atoms with E-state index in [-0.39, 0.29) is 6.10 Å². The fourth-order valence-electron chi connectivity index (χ4n) is 2.83. The summed E-state index contributed by atoms with van der Waals surface area (Å²) in [4.78, 5) is 0.621. The molecule has 4 nitrogen and oxygen atoms in total. The first-order chi connectivity index (χ1) is 12.7. The maximum Gasteiger partial charge on any atom is 0.180 e. The maximum absolute atomic E-state index is 6.43. The van der Waals surface area contributed by atoms with E-state index in [1.165, 1.54) is 0 Å². The normalized spacial score (nSPS) is 16.3. The van der Waals surface area contributed by atoms with Crippen molar-refractivity contribution in [1.82, 2.24) is 5.32 Å². The zero-order valence-electron chi connectivity index (χ0n) is 14.7. The van der Waals surface area contributed by atoms with E-state index in [0.717, 1.165) is 30.6 Å². The topological polar surface area (TPSA) is 39.7 Å². The van der Waals surface area contributed by atoms with E-state index in [4.69, 9.17) is 38.0 Å². The number of rotatable bonds is 7. The number of halogens is 1. The van der Waals surface area contributed by atoms with Crippen LogP contribution >= 0.6 is 23.8 Å². The molecule has 1 fully saturated rings. The first-order valence-electron chi connectivity index (χ1n) is 8.61. The lowest BCUT2D eigenvalue weighted by Gasteiger charge is -2.16. The van der Waals surface area contributed by atoms with Gasteiger partial charge in [0.05, 0.1) is 18.2 Å². The summed E-state index contributed by atoms with van der Waals surface area (Å²) in [5, 5.41) is 3.72. The van der Waals surface area contributed by atoms with E-state index >= 15 is 0 Å². The lowest BCUT2D eigenvalue weighted by molar-refractivity contribution is 0.114. The minimum absolute atomic E-state index is 0.221. The second-order valence-corrected chi connectivity index (χ2v) is 6.92. The zero-order chi connectivity index (χ0) is 18.4. The van der Waals surface area contributed by atoms with Crippen molar-refractivity contribution in [1.29, 1.82) is 0 Å². The lowest BCUT2D eigenvalue weighted by atomic mass is 10.1. The average molecular weight is 392 g/mol. The van der Waals surface area contributed by atoms with Gasteiger partial charge in [0, 0.05) is 18.7 Å². The summed E-state index contributed by atoms with van der Waals surface area (Å²) in [6.45, 7) is 1.94.